The molecule has 6 N–H and O–H groups in total. The number of aromatic nitrogens is 14. The lowest BCUT2D eigenvalue weighted by atomic mass is 10.1. The van der Waals surface area contributed by atoms with Crippen LogP contribution in [0.4, 0.5) is 17.3 Å². The summed E-state index contributed by atoms with van der Waals surface area (Å²) >= 11 is 0. The second-order valence-corrected chi connectivity index (χ2v) is 13.2. The minimum atomic E-state index is 0.352. The van der Waals surface area contributed by atoms with E-state index in [2.05, 4.69) is 56.4 Å². The molecule has 270 valence electrons. The summed E-state index contributed by atoms with van der Waals surface area (Å²) in [6.45, 7) is 3.16. The Morgan fingerprint density at radius 3 is 1.98 bits per heavy atom. The topological polar surface area (TPSA) is 230 Å². The largest absolute Gasteiger partial charge is 0.397 e. The fourth-order valence-electron chi connectivity index (χ4n) is 7.04. The van der Waals surface area contributed by atoms with Gasteiger partial charge in [0, 0.05) is 17.9 Å². The predicted octanol–water partition coefficient (Wildman–Crippen LogP) is 3.24. The lowest BCUT2D eigenvalue weighted by molar-refractivity contribution is 0.221. The van der Waals surface area contributed by atoms with Gasteiger partial charge in [-0.25, -0.2) is 49.8 Å². The summed E-state index contributed by atoms with van der Waals surface area (Å²) in [7, 11) is 2.17. The van der Waals surface area contributed by atoms with Gasteiger partial charge in [-0.15, -0.1) is 0 Å². The van der Waals surface area contributed by atoms with Crippen molar-refractivity contribution in [2.75, 3.05) is 37.3 Å². The Morgan fingerprint density at radius 2 is 1.30 bits per heavy atom. The fourth-order valence-corrected chi connectivity index (χ4v) is 7.04. The number of imidazole rings is 4. The monoisotopic (exact) mass is 720 g/mol. The number of fused-ring (bicyclic) bond motifs is 4. The molecule has 1 aromatic carbocycles. The number of para-hydroxylation sites is 1. The van der Waals surface area contributed by atoms with Crippen LogP contribution in [0.1, 0.15) is 30.5 Å². The van der Waals surface area contributed by atoms with Crippen molar-refractivity contribution in [1.29, 1.82) is 0 Å². The highest BCUT2D eigenvalue weighted by molar-refractivity contribution is 5.82. The summed E-state index contributed by atoms with van der Waals surface area (Å²) in [5.74, 6) is 2.49. The molecule has 10 rings (SSSR count). The van der Waals surface area contributed by atoms with Gasteiger partial charge in [-0.3, -0.25) is 4.57 Å². The highest BCUT2D eigenvalue weighted by Gasteiger charge is 2.24. The van der Waals surface area contributed by atoms with E-state index < -0.39 is 0 Å². The van der Waals surface area contributed by atoms with Crippen molar-refractivity contribution in [3.05, 3.63) is 97.9 Å². The number of hydrogen-bond donors (Lipinski definition) is 3. The summed E-state index contributed by atoms with van der Waals surface area (Å²) in [6, 6.07) is 16.1. The van der Waals surface area contributed by atoms with Crippen LogP contribution in [0, 0.1) is 0 Å². The van der Waals surface area contributed by atoms with Crippen LogP contribution in [-0.4, -0.2) is 93.1 Å². The van der Waals surface area contributed by atoms with Crippen molar-refractivity contribution >= 4 is 62.0 Å². The first-order valence-electron chi connectivity index (χ1n) is 17.4. The predicted molar refractivity (Wildman–Crippen MR) is 204 cm³/mol. The number of hydrogen-bond acceptors (Lipinski definition) is 14. The number of nitrogen functional groups attached to an aromatic ring is 3. The molecule has 0 amide bonds. The Balaban J connectivity index is 0.000000142. The van der Waals surface area contributed by atoms with E-state index in [0.29, 0.717) is 53.1 Å². The highest BCUT2D eigenvalue weighted by Crippen LogP contribution is 2.29. The van der Waals surface area contributed by atoms with E-state index in [1.54, 1.807) is 18.9 Å². The summed E-state index contributed by atoms with van der Waals surface area (Å²) in [4.78, 5) is 46.5. The van der Waals surface area contributed by atoms with E-state index in [-0.39, 0.29) is 0 Å². The van der Waals surface area contributed by atoms with Gasteiger partial charge in [0.15, 0.2) is 34.2 Å². The van der Waals surface area contributed by atoms with Crippen molar-refractivity contribution in [3.63, 3.8) is 0 Å². The molecule has 9 aromatic rings. The van der Waals surface area contributed by atoms with Crippen LogP contribution in [0.2, 0.25) is 0 Å². The standard InChI is InChI=1S/C18H21N9.C18H15N9/c1-25-7-4-12(5-8-25)27-14(24-13-3-2-6-20-17(13)27)9-26-11-23-15-16(19)21-10-22-18(15)26;19-11-6-13-17(21-7-11)27(12-4-2-1-3-5-12)14(25-13)8-26-10-24-15-16(20)22-9-23-18(15)26/h2-3,6,10-12H,4-5,7-9H2,1H3,(H2,19,21,22);1-7,9-10H,8,19H2,(H2,20,22,23). The molecule has 18 heteroatoms. The first-order chi connectivity index (χ1) is 26.4. The van der Waals surface area contributed by atoms with Gasteiger partial charge < -0.3 is 35.8 Å². The van der Waals surface area contributed by atoms with Crippen LogP contribution < -0.4 is 17.2 Å². The molecule has 1 aliphatic rings. The molecule has 0 aliphatic carbocycles. The van der Waals surface area contributed by atoms with Crippen LogP contribution in [0.5, 0.6) is 0 Å². The summed E-state index contributed by atoms with van der Waals surface area (Å²) in [5, 5.41) is 0. The molecule has 0 unspecified atom stereocenters. The van der Waals surface area contributed by atoms with E-state index >= 15 is 0 Å². The van der Waals surface area contributed by atoms with Gasteiger partial charge in [-0.1, -0.05) is 18.2 Å². The van der Waals surface area contributed by atoms with E-state index in [0.717, 1.165) is 71.2 Å². The lowest BCUT2D eigenvalue weighted by Crippen LogP contribution is -2.32. The number of nitrogens with two attached hydrogens (primary N) is 3. The number of likely N-dealkylation sites (tertiary alicyclic amines) is 1. The average molecular weight is 721 g/mol. The maximum absolute atomic E-state index is 5.92. The summed E-state index contributed by atoms with van der Waals surface area (Å²) in [6.07, 6.45) is 12.0. The van der Waals surface area contributed by atoms with Crippen LogP contribution in [0.25, 0.3) is 50.3 Å². The molecule has 8 aromatic heterocycles. The van der Waals surface area contributed by atoms with Gasteiger partial charge in [-0.2, -0.15) is 0 Å². The lowest BCUT2D eigenvalue weighted by Gasteiger charge is -2.30. The normalized spacial score (nSPS) is 13.9. The highest BCUT2D eigenvalue weighted by atomic mass is 15.2. The Bertz CT molecular complexity index is 2750. The maximum Gasteiger partial charge on any atom is 0.165 e. The van der Waals surface area contributed by atoms with E-state index in [9.17, 15) is 0 Å². The van der Waals surface area contributed by atoms with Crippen LogP contribution in [-0.2, 0) is 13.1 Å². The SMILES string of the molecule is CN1CCC(n2c(Cn3cnc4c(N)ncnc43)nc3cccnc32)CC1.Nc1cnc2c(c1)nc(Cn1cnc3c(N)ncnc31)n2-c1ccccc1. The van der Waals surface area contributed by atoms with Gasteiger partial charge in [0.05, 0.1) is 37.6 Å². The summed E-state index contributed by atoms with van der Waals surface area (Å²) in [5.41, 5.74) is 25.1. The third kappa shape index (κ3) is 5.93. The fraction of sp³-hybridized carbons (Fsp3) is 0.222. The van der Waals surface area contributed by atoms with Crippen molar-refractivity contribution < 1.29 is 0 Å². The van der Waals surface area contributed by atoms with Crippen molar-refractivity contribution in [3.8, 4) is 5.69 Å². The molecule has 1 aliphatic heterocycles. The second kappa shape index (κ2) is 13.5. The molecule has 18 nitrogen and oxygen atoms in total. The summed E-state index contributed by atoms with van der Waals surface area (Å²) < 4.78 is 8.17. The first kappa shape index (κ1) is 32.8. The molecule has 1 saturated heterocycles. The van der Waals surface area contributed by atoms with Crippen molar-refractivity contribution in [2.45, 2.75) is 32.0 Å². The smallest absolute Gasteiger partial charge is 0.165 e. The molecule has 0 bridgehead atoms. The molecular weight excluding hydrogens is 685 g/mol. The molecular formula is C36H36N18. The quantitative estimate of drug-likeness (QED) is 0.224. The van der Waals surface area contributed by atoms with Crippen molar-refractivity contribution in [1.82, 2.24) is 73.0 Å². The minimum absolute atomic E-state index is 0.352. The van der Waals surface area contributed by atoms with Crippen molar-refractivity contribution in [2.24, 2.45) is 0 Å². The van der Waals surface area contributed by atoms with Crippen LogP contribution in [0.3, 0.4) is 0 Å². The Morgan fingerprint density at radius 1 is 0.648 bits per heavy atom. The molecule has 0 saturated carbocycles. The number of pyridine rings is 2. The van der Waals surface area contributed by atoms with Gasteiger partial charge in [0.2, 0.25) is 0 Å². The molecule has 1 fully saturated rings. The first-order valence-corrected chi connectivity index (χ1v) is 17.4. The Hall–Kier alpha value is -7.08. The van der Waals surface area contributed by atoms with Gasteiger partial charge >= 0.3 is 0 Å². The molecule has 0 spiro atoms. The van der Waals surface area contributed by atoms with E-state index in [1.165, 1.54) is 12.7 Å². The van der Waals surface area contributed by atoms with Crippen LogP contribution >= 0.6 is 0 Å². The zero-order chi connectivity index (χ0) is 36.8. The average Bonchev–Trinajstić information content (AvgIpc) is 3.97. The third-order valence-electron chi connectivity index (χ3n) is 9.66. The molecule has 0 radical (unpaired) electrons. The molecule has 0 atom stereocenters. The Labute approximate surface area is 307 Å². The zero-order valence-corrected chi connectivity index (χ0v) is 29.3. The third-order valence-corrected chi connectivity index (χ3v) is 9.66. The second-order valence-electron chi connectivity index (χ2n) is 13.2. The molecule has 54 heavy (non-hydrogen) atoms. The Kier molecular flexibility index (Phi) is 8.19. The number of piperidine rings is 1. The van der Waals surface area contributed by atoms with E-state index in [4.69, 9.17) is 27.2 Å². The molecule has 9 heterocycles. The number of rotatable bonds is 6. The number of benzene rings is 1. The zero-order valence-electron chi connectivity index (χ0n) is 29.3. The maximum atomic E-state index is 5.92. The van der Waals surface area contributed by atoms with Crippen LogP contribution in [0.15, 0.2) is 86.2 Å². The van der Waals surface area contributed by atoms with Gasteiger partial charge in [0.25, 0.3) is 0 Å². The van der Waals surface area contributed by atoms with E-state index in [1.807, 2.05) is 68.4 Å². The van der Waals surface area contributed by atoms with Gasteiger partial charge in [0.1, 0.15) is 46.4 Å². The van der Waals surface area contributed by atoms with Gasteiger partial charge in [-0.05, 0) is 63.3 Å². The minimum Gasteiger partial charge on any atom is -0.397 e. The number of anilines is 3. The number of nitrogens with zero attached hydrogens (tertiary/aromatic N) is 15.